The number of methoxy groups -OCH3 is 1. The van der Waals surface area contributed by atoms with E-state index < -0.39 is 0 Å². The Labute approximate surface area is 123 Å². The quantitative estimate of drug-likeness (QED) is 0.720. The van der Waals surface area contributed by atoms with Crippen LogP contribution in [0, 0.1) is 0 Å². The van der Waals surface area contributed by atoms with Gasteiger partial charge in [0.25, 0.3) is 0 Å². The summed E-state index contributed by atoms with van der Waals surface area (Å²) in [5.74, 6) is 0.980. The minimum absolute atomic E-state index is 0.753. The molecule has 0 amide bonds. The van der Waals surface area contributed by atoms with Crippen molar-refractivity contribution in [2.45, 2.75) is 26.2 Å². The maximum atomic E-state index is 5.43. The summed E-state index contributed by atoms with van der Waals surface area (Å²) in [5.41, 5.74) is 1.08. The van der Waals surface area contributed by atoms with Crippen LogP contribution in [0.4, 0.5) is 0 Å². The second-order valence-corrected chi connectivity index (χ2v) is 5.52. The Morgan fingerprint density at radius 3 is 3.05 bits per heavy atom. The minimum Gasteiger partial charge on any atom is -0.469 e. The fourth-order valence-corrected chi connectivity index (χ4v) is 2.86. The Balaban J connectivity index is 1.81. The molecule has 0 atom stereocenters. The summed E-state index contributed by atoms with van der Waals surface area (Å²) >= 11 is 1.65. The lowest BCUT2D eigenvalue weighted by Gasteiger charge is -2.01. The van der Waals surface area contributed by atoms with Gasteiger partial charge in [-0.3, -0.25) is 0 Å². The van der Waals surface area contributed by atoms with Crippen molar-refractivity contribution in [3.8, 4) is 10.6 Å². The molecule has 1 N–H and O–H groups in total. The van der Waals surface area contributed by atoms with Crippen LogP contribution in [-0.2, 0) is 17.6 Å². The topological polar surface area (TPSA) is 60.2 Å². The van der Waals surface area contributed by atoms with Gasteiger partial charge in [-0.1, -0.05) is 18.3 Å². The third kappa shape index (κ3) is 4.13. The van der Waals surface area contributed by atoms with Crippen LogP contribution in [-0.4, -0.2) is 37.0 Å². The molecule has 0 unspecified atom stereocenters. The zero-order chi connectivity index (χ0) is 14.2. The van der Waals surface area contributed by atoms with Gasteiger partial charge in [0.1, 0.15) is 10.8 Å². The zero-order valence-corrected chi connectivity index (χ0v) is 12.8. The van der Waals surface area contributed by atoms with E-state index in [2.05, 4.69) is 22.4 Å². The van der Waals surface area contributed by atoms with Gasteiger partial charge in [0.15, 0.2) is 5.01 Å². The summed E-state index contributed by atoms with van der Waals surface area (Å²) in [6, 6.07) is 1.97. The van der Waals surface area contributed by atoms with Gasteiger partial charge in [-0.05, 0) is 19.0 Å². The van der Waals surface area contributed by atoms with Crippen molar-refractivity contribution in [2.24, 2.45) is 0 Å². The summed E-state index contributed by atoms with van der Waals surface area (Å²) in [6.45, 7) is 4.70. The third-order valence-corrected chi connectivity index (χ3v) is 4.01. The van der Waals surface area contributed by atoms with E-state index in [4.69, 9.17) is 9.15 Å². The predicted octanol–water partition coefficient (Wildman–Crippen LogP) is 2.53. The van der Waals surface area contributed by atoms with E-state index >= 15 is 0 Å². The van der Waals surface area contributed by atoms with Gasteiger partial charge in [-0.15, -0.1) is 10.2 Å². The lowest BCUT2D eigenvalue weighted by molar-refractivity contribution is 0.199. The zero-order valence-electron chi connectivity index (χ0n) is 12.0. The Morgan fingerprint density at radius 1 is 1.35 bits per heavy atom. The molecular formula is C14H21N3O2S. The molecule has 5 nitrogen and oxygen atoms in total. The van der Waals surface area contributed by atoms with Gasteiger partial charge < -0.3 is 14.5 Å². The second kappa shape index (κ2) is 8.14. The monoisotopic (exact) mass is 295 g/mol. The number of aromatic nitrogens is 2. The Bertz CT molecular complexity index is 510. The first-order chi connectivity index (χ1) is 9.85. The minimum atomic E-state index is 0.753. The van der Waals surface area contributed by atoms with E-state index in [1.807, 2.05) is 6.07 Å². The summed E-state index contributed by atoms with van der Waals surface area (Å²) in [5, 5.41) is 13.9. The highest BCUT2D eigenvalue weighted by Gasteiger charge is 2.12. The third-order valence-electron chi connectivity index (χ3n) is 2.99. The predicted molar refractivity (Wildman–Crippen MR) is 80.1 cm³/mol. The SMILES string of the molecule is CCc1occc1-c1nnc(CCCNCCOC)s1. The first-order valence-corrected chi connectivity index (χ1v) is 7.75. The molecule has 0 bridgehead atoms. The average Bonchev–Trinajstić information content (AvgIpc) is 3.10. The highest BCUT2D eigenvalue weighted by atomic mass is 32.1. The number of nitrogens with one attached hydrogen (secondary N) is 1. The molecule has 0 aromatic carbocycles. The van der Waals surface area contributed by atoms with Crippen LogP contribution in [0.3, 0.4) is 0 Å². The number of nitrogens with zero attached hydrogens (tertiary/aromatic N) is 2. The molecule has 6 heteroatoms. The standard InChI is InChI=1S/C14H21N3O2S/c1-3-12-11(6-9-19-12)14-17-16-13(20-14)5-4-7-15-8-10-18-2/h6,9,15H,3-5,7-8,10H2,1-2H3. The van der Waals surface area contributed by atoms with E-state index in [-0.39, 0.29) is 0 Å². The molecule has 0 radical (unpaired) electrons. The van der Waals surface area contributed by atoms with Crippen molar-refractivity contribution >= 4 is 11.3 Å². The molecule has 2 heterocycles. The van der Waals surface area contributed by atoms with Crippen LogP contribution in [0.1, 0.15) is 24.1 Å². The van der Waals surface area contributed by atoms with E-state index in [1.54, 1.807) is 24.7 Å². The lowest BCUT2D eigenvalue weighted by Crippen LogP contribution is -2.20. The normalized spacial score (nSPS) is 11.1. The summed E-state index contributed by atoms with van der Waals surface area (Å²) in [6.07, 6.45) is 4.61. The molecule has 0 saturated carbocycles. The molecule has 0 aliphatic carbocycles. The highest BCUT2D eigenvalue weighted by Crippen LogP contribution is 2.28. The maximum Gasteiger partial charge on any atom is 0.151 e. The van der Waals surface area contributed by atoms with Crippen molar-refractivity contribution in [1.82, 2.24) is 15.5 Å². The van der Waals surface area contributed by atoms with Gasteiger partial charge in [0.2, 0.25) is 0 Å². The van der Waals surface area contributed by atoms with Crippen LogP contribution >= 0.6 is 11.3 Å². The Hall–Kier alpha value is -1.24. The molecule has 2 rings (SSSR count). The number of furan rings is 1. The van der Waals surface area contributed by atoms with Crippen molar-refractivity contribution in [1.29, 1.82) is 0 Å². The van der Waals surface area contributed by atoms with E-state index in [0.717, 1.165) is 60.3 Å². The molecule has 0 aliphatic heterocycles. The molecule has 0 fully saturated rings. The van der Waals surface area contributed by atoms with Crippen LogP contribution in [0.15, 0.2) is 16.7 Å². The lowest BCUT2D eigenvalue weighted by atomic mass is 10.2. The smallest absolute Gasteiger partial charge is 0.151 e. The van der Waals surface area contributed by atoms with Crippen LogP contribution in [0.5, 0.6) is 0 Å². The first-order valence-electron chi connectivity index (χ1n) is 6.94. The van der Waals surface area contributed by atoms with Gasteiger partial charge >= 0.3 is 0 Å². The molecule has 2 aromatic heterocycles. The van der Waals surface area contributed by atoms with Gasteiger partial charge in [-0.25, -0.2) is 0 Å². The van der Waals surface area contributed by atoms with Crippen molar-refractivity contribution in [2.75, 3.05) is 26.8 Å². The van der Waals surface area contributed by atoms with Gasteiger partial charge in [-0.2, -0.15) is 0 Å². The number of hydrogen-bond donors (Lipinski definition) is 1. The molecule has 0 saturated heterocycles. The first kappa shape index (κ1) is 15.2. The van der Waals surface area contributed by atoms with E-state index in [9.17, 15) is 0 Å². The average molecular weight is 295 g/mol. The summed E-state index contributed by atoms with van der Waals surface area (Å²) in [7, 11) is 1.71. The molecule has 2 aromatic rings. The maximum absolute atomic E-state index is 5.43. The van der Waals surface area contributed by atoms with E-state index in [1.165, 1.54) is 0 Å². The number of ether oxygens (including phenoxy) is 1. The Morgan fingerprint density at radius 2 is 2.25 bits per heavy atom. The summed E-state index contributed by atoms with van der Waals surface area (Å²) < 4.78 is 10.4. The number of aryl methyl sites for hydroxylation is 2. The van der Waals surface area contributed by atoms with Gasteiger partial charge in [0.05, 0.1) is 18.4 Å². The molecule has 20 heavy (non-hydrogen) atoms. The fourth-order valence-electron chi connectivity index (χ4n) is 1.93. The molecule has 0 aliphatic rings. The Kier molecular flexibility index (Phi) is 6.17. The molecule has 0 spiro atoms. The van der Waals surface area contributed by atoms with Crippen molar-refractivity contribution in [3.05, 3.63) is 23.1 Å². The number of rotatable bonds is 9. The van der Waals surface area contributed by atoms with Crippen LogP contribution in [0.25, 0.3) is 10.6 Å². The second-order valence-electron chi connectivity index (χ2n) is 4.46. The highest BCUT2D eigenvalue weighted by molar-refractivity contribution is 7.14. The van der Waals surface area contributed by atoms with Crippen molar-refractivity contribution in [3.63, 3.8) is 0 Å². The van der Waals surface area contributed by atoms with Crippen LogP contribution < -0.4 is 5.32 Å². The fraction of sp³-hybridized carbons (Fsp3) is 0.571. The van der Waals surface area contributed by atoms with Crippen LogP contribution in [0.2, 0.25) is 0 Å². The summed E-state index contributed by atoms with van der Waals surface area (Å²) in [4.78, 5) is 0. The molecule has 110 valence electrons. The van der Waals surface area contributed by atoms with E-state index in [0.29, 0.717) is 0 Å². The van der Waals surface area contributed by atoms with Gasteiger partial charge in [0, 0.05) is 26.5 Å². The number of hydrogen-bond acceptors (Lipinski definition) is 6. The van der Waals surface area contributed by atoms with Crippen molar-refractivity contribution < 1.29 is 9.15 Å². The molecular weight excluding hydrogens is 274 g/mol. The largest absolute Gasteiger partial charge is 0.469 e.